The van der Waals surface area contributed by atoms with Crippen molar-refractivity contribution in [3.63, 3.8) is 0 Å². The number of carbonyl (C=O) groups excluding carboxylic acids is 2. The van der Waals surface area contributed by atoms with Crippen molar-refractivity contribution in [2.45, 2.75) is 6.54 Å². The number of carbonyl (C=O) groups is 2. The van der Waals surface area contributed by atoms with Crippen LogP contribution in [-0.2, 0) is 11.3 Å². The molecule has 2 amide bonds. The number of anilines is 1. The van der Waals surface area contributed by atoms with Crippen molar-refractivity contribution in [3.05, 3.63) is 82.7 Å². The van der Waals surface area contributed by atoms with E-state index in [0.29, 0.717) is 29.3 Å². The van der Waals surface area contributed by atoms with Gasteiger partial charge in [0.1, 0.15) is 11.5 Å². The highest BCUT2D eigenvalue weighted by Gasteiger charge is 2.09. The second-order valence-corrected chi connectivity index (χ2v) is 6.55. The minimum Gasteiger partial charge on any atom is -0.484 e. The standard InChI is InChI=1S/C20H17BrN2O4/c21-15-6-8-17(9-7-15)27-13-19(24)23-16-4-1-3-14(11-16)20(25)22-12-18-5-2-10-26-18/h1-11H,12-13H2,(H,22,25)(H,23,24). The summed E-state index contributed by atoms with van der Waals surface area (Å²) in [7, 11) is 0. The Balaban J connectivity index is 1.52. The molecular formula is C20H17BrN2O4. The Kier molecular flexibility index (Phi) is 6.27. The van der Waals surface area contributed by atoms with Crippen molar-refractivity contribution in [1.29, 1.82) is 0 Å². The average molecular weight is 429 g/mol. The summed E-state index contributed by atoms with van der Waals surface area (Å²) >= 11 is 3.34. The van der Waals surface area contributed by atoms with Crippen molar-refractivity contribution in [2.75, 3.05) is 11.9 Å². The van der Waals surface area contributed by atoms with Gasteiger partial charge in [0.15, 0.2) is 6.61 Å². The lowest BCUT2D eigenvalue weighted by molar-refractivity contribution is -0.118. The van der Waals surface area contributed by atoms with Crippen molar-refractivity contribution >= 4 is 33.4 Å². The Labute approximate surface area is 164 Å². The Bertz CT molecular complexity index is 908. The molecule has 27 heavy (non-hydrogen) atoms. The summed E-state index contributed by atoms with van der Waals surface area (Å²) in [6.45, 7) is 0.167. The molecule has 0 fully saturated rings. The number of benzene rings is 2. The second kappa shape index (κ2) is 9.05. The number of furan rings is 1. The normalized spacial score (nSPS) is 10.3. The monoisotopic (exact) mass is 428 g/mol. The molecule has 0 aliphatic heterocycles. The number of hydrogen-bond donors (Lipinski definition) is 2. The summed E-state index contributed by atoms with van der Waals surface area (Å²) in [5.41, 5.74) is 0.957. The summed E-state index contributed by atoms with van der Waals surface area (Å²) < 4.78 is 11.5. The molecule has 0 aliphatic carbocycles. The predicted octanol–water partition coefficient (Wildman–Crippen LogP) is 3.99. The molecule has 6 nitrogen and oxygen atoms in total. The SMILES string of the molecule is O=C(COc1ccc(Br)cc1)Nc1cccc(C(=O)NCc2ccco2)c1. The summed E-state index contributed by atoms with van der Waals surface area (Å²) in [5.74, 6) is 0.692. The van der Waals surface area contributed by atoms with E-state index in [9.17, 15) is 9.59 Å². The average Bonchev–Trinajstić information content (AvgIpc) is 3.19. The van der Waals surface area contributed by atoms with Gasteiger partial charge in [-0.3, -0.25) is 9.59 Å². The number of ether oxygens (including phenoxy) is 1. The molecule has 1 aromatic heterocycles. The van der Waals surface area contributed by atoms with Gasteiger partial charge in [0, 0.05) is 15.7 Å². The first-order valence-electron chi connectivity index (χ1n) is 8.19. The van der Waals surface area contributed by atoms with E-state index >= 15 is 0 Å². The third-order valence-electron chi connectivity index (χ3n) is 3.60. The van der Waals surface area contributed by atoms with Gasteiger partial charge < -0.3 is 19.8 Å². The van der Waals surface area contributed by atoms with Gasteiger partial charge >= 0.3 is 0 Å². The van der Waals surface area contributed by atoms with Gasteiger partial charge in [0.2, 0.25) is 0 Å². The lowest BCUT2D eigenvalue weighted by atomic mass is 10.2. The summed E-state index contributed by atoms with van der Waals surface area (Å²) in [4.78, 5) is 24.3. The lowest BCUT2D eigenvalue weighted by Crippen LogP contribution is -2.23. The van der Waals surface area contributed by atoms with Crippen LogP contribution in [0.15, 0.2) is 75.8 Å². The fourth-order valence-electron chi connectivity index (χ4n) is 2.30. The minimum atomic E-state index is -0.314. The Morgan fingerprint density at radius 2 is 1.85 bits per heavy atom. The fourth-order valence-corrected chi connectivity index (χ4v) is 2.56. The molecule has 2 N–H and O–H groups in total. The van der Waals surface area contributed by atoms with Crippen molar-refractivity contribution < 1.29 is 18.7 Å². The largest absolute Gasteiger partial charge is 0.484 e. The Hall–Kier alpha value is -3.06. The van der Waals surface area contributed by atoms with Crippen LogP contribution < -0.4 is 15.4 Å². The minimum absolute atomic E-state index is 0.128. The highest BCUT2D eigenvalue weighted by Crippen LogP contribution is 2.16. The predicted molar refractivity (Wildman–Crippen MR) is 105 cm³/mol. The summed E-state index contributed by atoms with van der Waals surface area (Å²) in [5, 5.41) is 5.48. The highest BCUT2D eigenvalue weighted by molar-refractivity contribution is 9.10. The van der Waals surface area contributed by atoms with Crippen molar-refractivity contribution in [3.8, 4) is 5.75 Å². The second-order valence-electron chi connectivity index (χ2n) is 5.63. The van der Waals surface area contributed by atoms with Crippen LogP contribution in [-0.4, -0.2) is 18.4 Å². The van der Waals surface area contributed by atoms with E-state index in [4.69, 9.17) is 9.15 Å². The Morgan fingerprint density at radius 1 is 1.04 bits per heavy atom. The van der Waals surface area contributed by atoms with Crippen LogP contribution in [0.5, 0.6) is 5.75 Å². The van der Waals surface area contributed by atoms with Gasteiger partial charge in [0.05, 0.1) is 12.8 Å². The van der Waals surface area contributed by atoms with Crippen molar-refractivity contribution in [2.24, 2.45) is 0 Å². The molecule has 0 radical (unpaired) electrons. The molecule has 7 heteroatoms. The zero-order valence-corrected chi connectivity index (χ0v) is 15.9. The van der Waals surface area contributed by atoms with E-state index in [0.717, 1.165) is 4.47 Å². The maximum Gasteiger partial charge on any atom is 0.262 e. The quantitative estimate of drug-likeness (QED) is 0.595. The van der Waals surface area contributed by atoms with Gasteiger partial charge in [-0.15, -0.1) is 0 Å². The van der Waals surface area contributed by atoms with Gasteiger partial charge in [-0.25, -0.2) is 0 Å². The molecule has 0 saturated carbocycles. The first-order chi connectivity index (χ1) is 13.1. The lowest BCUT2D eigenvalue weighted by Gasteiger charge is -2.09. The van der Waals surface area contributed by atoms with Crippen LogP contribution in [0.25, 0.3) is 0 Å². The molecule has 2 aromatic carbocycles. The van der Waals surface area contributed by atoms with Crippen LogP contribution in [0.4, 0.5) is 5.69 Å². The molecule has 3 rings (SSSR count). The van der Waals surface area contributed by atoms with Crippen LogP contribution in [0.2, 0.25) is 0 Å². The number of hydrogen-bond acceptors (Lipinski definition) is 4. The maximum absolute atomic E-state index is 12.2. The molecule has 0 aliphatic rings. The number of amides is 2. The van der Waals surface area contributed by atoms with Gasteiger partial charge in [-0.1, -0.05) is 22.0 Å². The van der Waals surface area contributed by atoms with E-state index in [1.165, 1.54) is 0 Å². The van der Waals surface area contributed by atoms with Crippen LogP contribution in [0.3, 0.4) is 0 Å². The molecule has 1 heterocycles. The maximum atomic E-state index is 12.2. The van der Waals surface area contributed by atoms with E-state index in [-0.39, 0.29) is 18.4 Å². The molecule has 0 saturated heterocycles. The summed E-state index contributed by atoms with van der Waals surface area (Å²) in [6.07, 6.45) is 1.55. The first kappa shape index (κ1) is 18.7. The smallest absolute Gasteiger partial charge is 0.262 e. The number of halogens is 1. The number of nitrogens with one attached hydrogen (secondary N) is 2. The van der Waals surface area contributed by atoms with E-state index in [1.54, 1.807) is 54.8 Å². The molecule has 3 aromatic rings. The molecule has 0 atom stereocenters. The molecule has 0 spiro atoms. The van der Waals surface area contributed by atoms with Gasteiger partial charge in [-0.2, -0.15) is 0 Å². The molecular weight excluding hydrogens is 412 g/mol. The van der Waals surface area contributed by atoms with Crippen LogP contribution in [0, 0.1) is 0 Å². The fraction of sp³-hybridized carbons (Fsp3) is 0.100. The van der Waals surface area contributed by atoms with Crippen molar-refractivity contribution in [1.82, 2.24) is 5.32 Å². The third kappa shape index (κ3) is 5.72. The summed E-state index contributed by atoms with van der Waals surface area (Å²) in [6, 6.07) is 17.4. The third-order valence-corrected chi connectivity index (χ3v) is 4.12. The zero-order chi connectivity index (χ0) is 19.1. The van der Waals surface area contributed by atoms with E-state index in [2.05, 4.69) is 26.6 Å². The zero-order valence-electron chi connectivity index (χ0n) is 14.3. The molecule has 0 bridgehead atoms. The molecule has 0 unspecified atom stereocenters. The van der Waals surface area contributed by atoms with E-state index < -0.39 is 0 Å². The first-order valence-corrected chi connectivity index (χ1v) is 8.98. The molecule has 138 valence electrons. The van der Waals surface area contributed by atoms with Crippen LogP contribution in [0.1, 0.15) is 16.1 Å². The Morgan fingerprint density at radius 3 is 2.59 bits per heavy atom. The highest BCUT2D eigenvalue weighted by atomic mass is 79.9. The van der Waals surface area contributed by atoms with E-state index in [1.807, 2.05) is 12.1 Å². The van der Waals surface area contributed by atoms with Gasteiger partial charge in [-0.05, 0) is 54.6 Å². The van der Waals surface area contributed by atoms with Crippen LogP contribution >= 0.6 is 15.9 Å². The van der Waals surface area contributed by atoms with Gasteiger partial charge in [0.25, 0.3) is 11.8 Å². The number of rotatable bonds is 7. The topological polar surface area (TPSA) is 80.6 Å².